The van der Waals surface area contributed by atoms with Gasteiger partial charge < -0.3 is 39.4 Å². The lowest BCUT2D eigenvalue weighted by Gasteiger charge is -2.39. The molecule has 1 heterocycles. The van der Waals surface area contributed by atoms with E-state index in [1.54, 1.807) is 0 Å². The quantitative estimate of drug-likeness (QED) is 0.0267. The van der Waals surface area contributed by atoms with E-state index < -0.39 is 43.4 Å². The molecule has 1 rings (SSSR count). The molecule has 0 saturated carbocycles. The fourth-order valence-corrected chi connectivity index (χ4v) is 8.21. The number of carbonyl (C=O) groups is 1. The summed E-state index contributed by atoms with van der Waals surface area (Å²) in [5.74, 6) is -0.327. The van der Waals surface area contributed by atoms with Crippen LogP contribution in [0.5, 0.6) is 0 Å². The summed E-state index contributed by atoms with van der Waals surface area (Å²) < 4.78 is 22.9. The molecule has 4 N–H and O–H groups in total. The van der Waals surface area contributed by atoms with Gasteiger partial charge in [-0.15, -0.1) is 0 Å². The Morgan fingerprint density at radius 1 is 0.471 bits per heavy atom. The minimum atomic E-state index is -1.54. The van der Waals surface area contributed by atoms with Crippen LogP contribution < -0.4 is 0 Å². The third-order valence-electron chi connectivity index (χ3n) is 12.6. The first-order valence-electron chi connectivity index (χ1n) is 28.0. The van der Waals surface area contributed by atoms with E-state index in [9.17, 15) is 25.2 Å². The van der Waals surface area contributed by atoms with Crippen LogP contribution in [-0.4, -0.2) is 89.6 Å². The second-order valence-corrected chi connectivity index (χ2v) is 19.0. The molecule has 0 bridgehead atoms. The molecule has 1 fully saturated rings. The van der Waals surface area contributed by atoms with Gasteiger partial charge in [0.05, 0.1) is 19.8 Å². The van der Waals surface area contributed by atoms with E-state index in [0.29, 0.717) is 13.0 Å². The highest BCUT2D eigenvalue weighted by Crippen LogP contribution is 2.23. The smallest absolute Gasteiger partial charge is 0.306 e. The molecule has 9 heteroatoms. The molecule has 1 aliphatic heterocycles. The van der Waals surface area contributed by atoms with Crippen molar-refractivity contribution in [1.29, 1.82) is 0 Å². The lowest BCUT2D eigenvalue weighted by molar-refractivity contribution is -0.305. The van der Waals surface area contributed by atoms with E-state index in [-0.39, 0.29) is 19.2 Å². The van der Waals surface area contributed by atoms with E-state index in [1.165, 1.54) is 141 Å². The lowest BCUT2D eigenvalue weighted by Crippen LogP contribution is -2.59. The molecule has 68 heavy (non-hydrogen) atoms. The minimum absolute atomic E-state index is 0.123. The Balaban J connectivity index is 2.18. The van der Waals surface area contributed by atoms with Crippen LogP contribution in [0.3, 0.4) is 0 Å². The normalized spacial score (nSPS) is 19.6. The minimum Gasteiger partial charge on any atom is -0.457 e. The van der Waals surface area contributed by atoms with Crippen molar-refractivity contribution in [3.8, 4) is 0 Å². The number of rotatable bonds is 48. The second kappa shape index (κ2) is 49.6. The van der Waals surface area contributed by atoms with Gasteiger partial charge in [0, 0.05) is 13.0 Å². The van der Waals surface area contributed by atoms with Gasteiger partial charge in [-0.05, 0) is 89.9 Å². The van der Waals surface area contributed by atoms with Crippen LogP contribution in [-0.2, 0) is 23.7 Å². The topological polar surface area (TPSA) is 135 Å². The molecule has 0 radical (unpaired) electrons. The summed E-state index contributed by atoms with van der Waals surface area (Å²) in [6.45, 7) is 4.51. The predicted molar refractivity (Wildman–Crippen MR) is 284 cm³/mol. The third-order valence-corrected chi connectivity index (χ3v) is 12.6. The van der Waals surface area contributed by atoms with Gasteiger partial charge in [-0.1, -0.05) is 209 Å². The first kappa shape index (κ1) is 63.6. The largest absolute Gasteiger partial charge is 0.457 e. The highest BCUT2D eigenvalue weighted by atomic mass is 16.7. The van der Waals surface area contributed by atoms with E-state index in [4.69, 9.17) is 18.9 Å². The van der Waals surface area contributed by atoms with E-state index in [1.807, 2.05) is 0 Å². The van der Waals surface area contributed by atoms with Crippen molar-refractivity contribution in [2.24, 2.45) is 0 Å². The van der Waals surface area contributed by atoms with Crippen molar-refractivity contribution in [2.75, 3.05) is 26.4 Å². The van der Waals surface area contributed by atoms with Crippen molar-refractivity contribution in [2.45, 2.75) is 269 Å². The number of aliphatic hydroxyl groups excluding tert-OH is 4. The molecule has 1 aliphatic rings. The standard InChI is InChI=1S/C59H104O9/c1-3-5-7-9-11-13-15-17-19-21-23-24-25-26-27-28-29-31-33-35-37-39-41-43-45-47-49-65-51-53(52-66-59-58(64)57(63)56(62)54(50-60)68-59)67-55(61)48-46-44-42-40-38-36-34-32-30-22-20-18-16-14-12-10-8-6-4-2/h12,14-15,17-18,20-21,23,25-26,30,32,53-54,56-60,62-64H,3-11,13,16,19,22,24,27-29,31,33-52H2,1-2H3/b14-12-,17-15-,20-18-,23-21-,26-25-,32-30-. The van der Waals surface area contributed by atoms with Crippen molar-refractivity contribution in [1.82, 2.24) is 0 Å². The molecule has 9 nitrogen and oxygen atoms in total. The van der Waals surface area contributed by atoms with Gasteiger partial charge in [0.15, 0.2) is 6.29 Å². The molecule has 0 amide bonds. The predicted octanol–water partition coefficient (Wildman–Crippen LogP) is 14.4. The van der Waals surface area contributed by atoms with E-state index >= 15 is 0 Å². The van der Waals surface area contributed by atoms with Gasteiger partial charge in [0.1, 0.15) is 30.5 Å². The number of unbranched alkanes of at least 4 members (excludes halogenated alkanes) is 25. The fraction of sp³-hybridized carbons (Fsp3) is 0.780. The molecule has 1 saturated heterocycles. The maximum absolute atomic E-state index is 12.9. The number of hydrogen-bond donors (Lipinski definition) is 4. The first-order chi connectivity index (χ1) is 33.4. The Hall–Kier alpha value is -2.37. The van der Waals surface area contributed by atoms with Crippen LogP contribution in [0.1, 0.15) is 232 Å². The number of ether oxygens (including phenoxy) is 4. The molecule has 6 unspecified atom stereocenters. The van der Waals surface area contributed by atoms with Gasteiger partial charge in [-0.3, -0.25) is 4.79 Å². The number of aliphatic hydroxyl groups is 4. The summed E-state index contributed by atoms with van der Waals surface area (Å²) in [5, 5.41) is 40.3. The first-order valence-corrected chi connectivity index (χ1v) is 28.0. The molecule has 6 atom stereocenters. The number of esters is 1. The van der Waals surface area contributed by atoms with Crippen LogP contribution in [0.25, 0.3) is 0 Å². The molecule has 0 aromatic heterocycles. The van der Waals surface area contributed by atoms with Crippen LogP contribution in [0.2, 0.25) is 0 Å². The number of allylic oxidation sites excluding steroid dienone is 12. The van der Waals surface area contributed by atoms with Crippen LogP contribution in [0, 0.1) is 0 Å². The molecule has 394 valence electrons. The molecule has 0 aliphatic carbocycles. The van der Waals surface area contributed by atoms with Gasteiger partial charge in [0.2, 0.25) is 0 Å². The highest BCUT2D eigenvalue weighted by molar-refractivity contribution is 5.69. The summed E-state index contributed by atoms with van der Waals surface area (Å²) in [4.78, 5) is 12.9. The fourth-order valence-electron chi connectivity index (χ4n) is 8.21. The Bertz CT molecular complexity index is 1270. The average Bonchev–Trinajstić information content (AvgIpc) is 3.34. The van der Waals surface area contributed by atoms with Crippen molar-refractivity contribution < 1.29 is 44.2 Å². The Kier molecular flexibility index (Phi) is 46.4. The third kappa shape index (κ3) is 39.4. The molecular formula is C59H104O9. The van der Waals surface area contributed by atoms with Crippen molar-refractivity contribution in [3.63, 3.8) is 0 Å². The summed E-state index contributed by atoms with van der Waals surface area (Å²) in [5.41, 5.74) is 0. The second-order valence-electron chi connectivity index (χ2n) is 19.0. The van der Waals surface area contributed by atoms with Gasteiger partial charge >= 0.3 is 5.97 Å². The molecule has 0 aromatic rings. The maximum atomic E-state index is 12.9. The van der Waals surface area contributed by atoms with Crippen LogP contribution >= 0.6 is 0 Å². The zero-order valence-electron chi connectivity index (χ0n) is 43.6. The Morgan fingerprint density at radius 2 is 0.853 bits per heavy atom. The van der Waals surface area contributed by atoms with Gasteiger partial charge in [-0.2, -0.15) is 0 Å². The van der Waals surface area contributed by atoms with Gasteiger partial charge in [0.25, 0.3) is 0 Å². The number of hydrogen-bond acceptors (Lipinski definition) is 9. The monoisotopic (exact) mass is 957 g/mol. The van der Waals surface area contributed by atoms with Crippen LogP contribution in [0.15, 0.2) is 72.9 Å². The maximum Gasteiger partial charge on any atom is 0.306 e. The van der Waals surface area contributed by atoms with Gasteiger partial charge in [-0.25, -0.2) is 0 Å². The SMILES string of the molecule is CCCCC/C=C\C/C=C\C/C=C\CCCCCCCCC(=O)OC(COCCCCCCCCCCCCC/C=C\C/C=C\C/C=C\CCCCCCC)COC1OC(CO)C(O)C(O)C1O. The highest BCUT2D eigenvalue weighted by Gasteiger charge is 2.44. The zero-order chi connectivity index (χ0) is 49.2. The average molecular weight is 957 g/mol. The zero-order valence-corrected chi connectivity index (χ0v) is 43.6. The van der Waals surface area contributed by atoms with Crippen molar-refractivity contribution >= 4 is 5.97 Å². The lowest BCUT2D eigenvalue weighted by atomic mass is 9.99. The Labute approximate surface area is 417 Å². The van der Waals surface area contributed by atoms with Crippen molar-refractivity contribution in [3.05, 3.63) is 72.9 Å². The van der Waals surface area contributed by atoms with Crippen LogP contribution in [0.4, 0.5) is 0 Å². The summed E-state index contributed by atoms with van der Waals surface area (Å²) in [7, 11) is 0. The number of carbonyl (C=O) groups excluding carboxylic acids is 1. The molecule has 0 aromatic carbocycles. The Morgan fingerprint density at radius 3 is 1.31 bits per heavy atom. The van der Waals surface area contributed by atoms with E-state index in [2.05, 4.69) is 86.8 Å². The summed E-state index contributed by atoms with van der Waals surface area (Å²) in [6, 6.07) is 0. The summed E-state index contributed by atoms with van der Waals surface area (Å²) in [6.07, 6.45) is 59.4. The summed E-state index contributed by atoms with van der Waals surface area (Å²) >= 11 is 0. The molecule has 0 spiro atoms. The molecular weight excluding hydrogens is 853 g/mol. The van der Waals surface area contributed by atoms with E-state index in [0.717, 1.165) is 70.6 Å².